The number of hydrogen-bond acceptors (Lipinski definition) is 5. The summed E-state index contributed by atoms with van der Waals surface area (Å²) in [6.07, 6.45) is 2.37. The lowest BCUT2D eigenvalue weighted by Crippen LogP contribution is -2.41. The van der Waals surface area contributed by atoms with Crippen LogP contribution in [0.4, 0.5) is 4.39 Å². The van der Waals surface area contributed by atoms with Crippen molar-refractivity contribution < 1.29 is 17.5 Å². The van der Waals surface area contributed by atoms with E-state index in [0.717, 1.165) is 0 Å². The molecule has 0 radical (unpaired) electrons. The summed E-state index contributed by atoms with van der Waals surface area (Å²) >= 11 is 0. The van der Waals surface area contributed by atoms with Crippen LogP contribution in [-0.4, -0.2) is 46.5 Å². The second kappa shape index (κ2) is 6.48. The van der Waals surface area contributed by atoms with Gasteiger partial charge in [0.25, 0.3) is 10.0 Å². The maximum Gasteiger partial charge on any atom is 0.262 e. The molecule has 0 saturated carbocycles. The van der Waals surface area contributed by atoms with Gasteiger partial charge in [0.15, 0.2) is 5.03 Å². The lowest BCUT2D eigenvalue weighted by atomic mass is 10.1. The van der Waals surface area contributed by atoms with Crippen LogP contribution >= 0.6 is 0 Å². The van der Waals surface area contributed by atoms with Crippen molar-refractivity contribution in [2.45, 2.75) is 30.9 Å². The summed E-state index contributed by atoms with van der Waals surface area (Å²) in [5.74, 6) is 0.263. The molecule has 7 nitrogen and oxygen atoms in total. The van der Waals surface area contributed by atoms with Crippen molar-refractivity contribution in [3.05, 3.63) is 36.2 Å². The monoisotopic (exact) mass is 354 g/mol. The van der Waals surface area contributed by atoms with Crippen LogP contribution in [0.25, 0.3) is 0 Å². The maximum absolute atomic E-state index is 13.1. The molecule has 0 aromatic carbocycles. The van der Waals surface area contributed by atoms with E-state index in [-0.39, 0.29) is 17.0 Å². The Hall–Kier alpha value is -2.00. The van der Waals surface area contributed by atoms with Crippen LogP contribution in [0.15, 0.2) is 29.4 Å². The van der Waals surface area contributed by atoms with Crippen LogP contribution in [-0.2, 0) is 17.1 Å². The molecule has 0 unspecified atom stereocenters. The Morgan fingerprint density at radius 3 is 2.54 bits per heavy atom. The van der Waals surface area contributed by atoms with Crippen molar-refractivity contribution in [3.63, 3.8) is 0 Å². The molecule has 0 bridgehead atoms. The van der Waals surface area contributed by atoms with Crippen LogP contribution in [0.5, 0.6) is 5.88 Å². The molecule has 9 heteroatoms. The fraction of sp³-hybridized carbons (Fsp3) is 0.467. The second-order valence-corrected chi connectivity index (χ2v) is 7.64. The molecule has 2 aromatic rings. The van der Waals surface area contributed by atoms with E-state index in [1.807, 2.05) is 0 Å². The van der Waals surface area contributed by atoms with Gasteiger partial charge in [0.05, 0.1) is 0 Å². The molecule has 1 aliphatic heterocycles. The molecule has 1 aliphatic rings. The van der Waals surface area contributed by atoms with Crippen LogP contribution in [0.3, 0.4) is 0 Å². The number of rotatable bonds is 4. The number of hydrogen-bond donors (Lipinski definition) is 0. The van der Waals surface area contributed by atoms with Gasteiger partial charge in [0, 0.05) is 32.4 Å². The highest BCUT2D eigenvalue weighted by molar-refractivity contribution is 7.89. The number of aromatic nitrogens is 3. The van der Waals surface area contributed by atoms with Gasteiger partial charge < -0.3 is 9.30 Å². The van der Waals surface area contributed by atoms with Crippen molar-refractivity contribution in [2.75, 3.05) is 13.1 Å². The van der Waals surface area contributed by atoms with Gasteiger partial charge in [0.2, 0.25) is 11.8 Å². The van der Waals surface area contributed by atoms with Gasteiger partial charge in [-0.1, -0.05) is 6.07 Å². The van der Waals surface area contributed by atoms with Gasteiger partial charge in [-0.05, 0) is 25.8 Å². The zero-order chi connectivity index (χ0) is 17.3. The predicted molar refractivity (Wildman–Crippen MR) is 84.5 cm³/mol. The minimum atomic E-state index is -3.60. The summed E-state index contributed by atoms with van der Waals surface area (Å²) in [6, 6.07) is 4.36. The lowest BCUT2D eigenvalue weighted by Gasteiger charge is -2.30. The molecule has 0 atom stereocenters. The Morgan fingerprint density at radius 1 is 1.25 bits per heavy atom. The zero-order valence-electron chi connectivity index (χ0n) is 13.5. The third-order valence-corrected chi connectivity index (χ3v) is 5.84. The minimum Gasteiger partial charge on any atom is -0.474 e. The van der Waals surface area contributed by atoms with Gasteiger partial charge in [-0.15, -0.1) is 0 Å². The Kier molecular flexibility index (Phi) is 4.55. The standard InChI is InChI=1S/C15H19FN4O3S/c1-11-17-15(10-19(11)2)24(21,22)20-8-6-12(7-9-20)23-14-5-3-4-13(16)18-14/h3-5,10,12H,6-9H2,1-2H3. The highest BCUT2D eigenvalue weighted by Gasteiger charge is 2.32. The Bertz CT molecular complexity index is 809. The number of imidazole rings is 1. The number of ether oxygens (including phenoxy) is 1. The number of sulfonamides is 1. The van der Waals surface area contributed by atoms with E-state index in [4.69, 9.17) is 4.74 Å². The normalized spacial score (nSPS) is 17.1. The van der Waals surface area contributed by atoms with Crippen molar-refractivity contribution >= 4 is 10.0 Å². The molecule has 24 heavy (non-hydrogen) atoms. The topological polar surface area (TPSA) is 77.3 Å². The summed E-state index contributed by atoms with van der Waals surface area (Å²) in [4.78, 5) is 7.77. The van der Waals surface area contributed by atoms with Crippen LogP contribution in [0.1, 0.15) is 18.7 Å². The smallest absolute Gasteiger partial charge is 0.262 e. The summed E-state index contributed by atoms with van der Waals surface area (Å²) in [5.41, 5.74) is 0. The summed E-state index contributed by atoms with van der Waals surface area (Å²) < 4.78 is 47.0. The van der Waals surface area contributed by atoms with Crippen LogP contribution < -0.4 is 4.74 Å². The van der Waals surface area contributed by atoms with Crippen LogP contribution in [0.2, 0.25) is 0 Å². The Morgan fingerprint density at radius 2 is 1.96 bits per heavy atom. The molecular weight excluding hydrogens is 335 g/mol. The second-order valence-electron chi connectivity index (χ2n) is 5.76. The molecule has 1 saturated heterocycles. The zero-order valence-corrected chi connectivity index (χ0v) is 14.3. The van der Waals surface area contributed by atoms with Crippen molar-refractivity contribution in [1.82, 2.24) is 18.8 Å². The molecule has 1 fully saturated rings. The van der Waals surface area contributed by atoms with Gasteiger partial charge >= 0.3 is 0 Å². The number of aryl methyl sites for hydroxylation is 2. The van der Waals surface area contributed by atoms with Gasteiger partial charge in [-0.25, -0.2) is 13.4 Å². The molecule has 0 spiro atoms. The largest absolute Gasteiger partial charge is 0.474 e. The minimum absolute atomic E-state index is 0.0636. The molecule has 3 rings (SSSR count). The summed E-state index contributed by atoms with van der Waals surface area (Å²) in [6.45, 7) is 2.42. The van der Waals surface area contributed by atoms with E-state index in [2.05, 4.69) is 9.97 Å². The Balaban J connectivity index is 1.64. The molecular formula is C15H19FN4O3S. The van der Waals surface area contributed by atoms with Crippen molar-refractivity contribution in [1.29, 1.82) is 0 Å². The van der Waals surface area contributed by atoms with E-state index in [1.54, 1.807) is 24.6 Å². The highest BCUT2D eigenvalue weighted by Crippen LogP contribution is 2.22. The van der Waals surface area contributed by atoms with E-state index >= 15 is 0 Å². The number of nitrogens with zero attached hydrogens (tertiary/aromatic N) is 4. The van der Waals surface area contributed by atoms with Crippen molar-refractivity contribution in [3.8, 4) is 5.88 Å². The molecule has 0 amide bonds. The third-order valence-electron chi connectivity index (χ3n) is 4.07. The van der Waals surface area contributed by atoms with E-state index in [1.165, 1.54) is 22.6 Å². The van der Waals surface area contributed by atoms with Gasteiger partial charge in [-0.3, -0.25) is 0 Å². The summed E-state index contributed by atoms with van der Waals surface area (Å²) in [7, 11) is -1.84. The Labute approximate surface area is 140 Å². The lowest BCUT2D eigenvalue weighted by molar-refractivity contribution is 0.128. The van der Waals surface area contributed by atoms with E-state index in [0.29, 0.717) is 31.8 Å². The first-order valence-electron chi connectivity index (χ1n) is 7.65. The number of piperidine rings is 1. The SMILES string of the molecule is Cc1nc(S(=O)(=O)N2CCC(Oc3cccc(F)n3)CC2)cn1C. The molecule has 3 heterocycles. The quantitative estimate of drug-likeness (QED) is 0.778. The predicted octanol–water partition coefficient (Wildman–Crippen LogP) is 1.49. The fourth-order valence-electron chi connectivity index (χ4n) is 2.60. The molecule has 130 valence electrons. The average molecular weight is 354 g/mol. The van der Waals surface area contributed by atoms with Crippen LogP contribution in [0, 0.1) is 12.9 Å². The maximum atomic E-state index is 13.1. The third kappa shape index (κ3) is 3.41. The first kappa shape index (κ1) is 16.8. The fourth-order valence-corrected chi connectivity index (χ4v) is 4.09. The molecule has 2 aromatic heterocycles. The number of halogens is 1. The first-order chi connectivity index (χ1) is 11.4. The first-order valence-corrected chi connectivity index (χ1v) is 9.09. The molecule has 0 N–H and O–H groups in total. The summed E-state index contributed by atoms with van der Waals surface area (Å²) in [5, 5.41) is 0.0636. The van der Waals surface area contributed by atoms with Crippen molar-refractivity contribution in [2.24, 2.45) is 7.05 Å². The molecule has 0 aliphatic carbocycles. The highest BCUT2D eigenvalue weighted by atomic mass is 32.2. The van der Waals surface area contributed by atoms with Gasteiger partial charge in [-0.2, -0.15) is 13.7 Å². The number of pyridine rings is 1. The van der Waals surface area contributed by atoms with E-state index in [9.17, 15) is 12.8 Å². The van der Waals surface area contributed by atoms with Gasteiger partial charge in [0.1, 0.15) is 11.9 Å². The average Bonchev–Trinajstić information content (AvgIpc) is 2.88. The van der Waals surface area contributed by atoms with E-state index < -0.39 is 16.0 Å².